The minimum absolute atomic E-state index is 0.149. The van der Waals surface area contributed by atoms with Gasteiger partial charge in [0.1, 0.15) is 10.8 Å². The fraction of sp³-hybridized carbons (Fsp3) is 0.391. The molecule has 0 spiro atoms. The fourth-order valence-electron chi connectivity index (χ4n) is 4.10. The normalized spacial score (nSPS) is 15.3. The van der Waals surface area contributed by atoms with E-state index in [1.54, 1.807) is 6.08 Å². The summed E-state index contributed by atoms with van der Waals surface area (Å²) >= 11 is 2.78. The number of nitrogens with two attached hydrogens (primary N) is 1. The molecule has 0 fully saturated rings. The molecule has 0 radical (unpaired) electrons. The van der Waals surface area contributed by atoms with Crippen LogP contribution < -0.4 is 11.1 Å². The lowest BCUT2D eigenvalue weighted by atomic mass is 9.88. The van der Waals surface area contributed by atoms with Crippen LogP contribution >= 0.6 is 23.1 Å². The zero-order valence-corrected chi connectivity index (χ0v) is 20.5. The zero-order chi connectivity index (χ0) is 23.5. The van der Waals surface area contributed by atoms with E-state index in [0.717, 1.165) is 41.2 Å². The van der Waals surface area contributed by atoms with Crippen LogP contribution in [0.3, 0.4) is 0 Å². The highest BCUT2D eigenvalue weighted by atomic mass is 32.2. The smallest absolute Gasteiger partial charge is 0.251 e. The van der Waals surface area contributed by atoms with E-state index in [1.165, 1.54) is 23.1 Å². The van der Waals surface area contributed by atoms with Gasteiger partial charge in [0.15, 0.2) is 5.16 Å². The van der Waals surface area contributed by atoms with Crippen LogP contribution in [0, 0.1) is 5.92 Å². The number of nitrogens with zero attached hydrogens (tertiary/aromatic N) is 4. The summed E-state index contributed by atoms with van der Waals surface area (Å²) in [5.74, 6) is 0.844. The highest BCUT2D eigenvalue weighted by Gasteiger charge is 2.27. The summed E-state index contributed by atoms with van der Waals surface area (Å²) in [5.41, 5.74) is 8.26. The topological polar surface area (TPSA) is 108 Å². The molecule has 8 nitrogen and oxygen atoms in total. The molecule has 3 N–H and O–H groups in total. The summed E-state index contributed by atoms with van der Waals surface area (Å²) < 4.78 is 4.02. The zero-order valence-electron chi connectivity index (χ0n) is 18.8. The maximum atomic E-state index is 12.8. The van der Waals surface area contributed by atoms with E-state index < -0.39 is 5.91 Å². The Bertz CT molecular complexity index is 1190. The van der Waals surface area contributed by atoms with E-state index in [0.29, 0.717) is 34.6 Å². The summed E-state index contributed by atoms with van der Waals surface area (Å²) in [6.45, 7) is 6.59. The van der Waals surface area contributed by atoms with Crippen LogP contribution in [0.15, 0.2) is 36.1 Å². The van der Waals surface area contributed by atoms with Gasteiger partial charge < -0.3 is 20.2 Å². The van der Waals surface area contributed by atoms with Crippen molar-refractivity contribution in [3.05, 3.63) is 58.5 Å². The molecular weight excluding hydrogens is 456 g/mol. The number of thiophene rings is 1. The van der Waals surface area contributed by atoms with Gasteiger partial charge in [0, 0.05) is 36.8 Å². The SMILES string of the molecule is C=CCn1c(Cc2cccn2C)nnc1SCC(=O)Nc1sc2c(c1C(N)=O)CCC(C)C2. The van der Waals surface area contributed by atoms with Gasteiger partial charge in [-0.2, -0.15) is 0 Å². The van der Waals surface area contributed by atoms with Crippen molar-refractivity contribution in [2.75, 3.05) is 11.1 Å². The number of aryl methyl sites for hydroxylation is 1. The predicted octanol–water partition coefficient (Wildman–Crippen LogP) is 3.41. The first-order valence-electron chi connectivity index (χ1n) is 10.9. The molecule has 0 saturated heterocycles. The van der Waals surface area contributed by atoms with Crippen molar-refractivity contribution < 1.29 is 9.59 Å². The molecule has 3 aromatic heterocycles. The lowest BCUT2D eigenvalue weighted by Gasteiger charge is -2.18. The molecular formula is C23H28N6O2S2. The maximum Gasteiger partial charge on any atom is 0.251 e. The molecule has 2 amide bonds. The highest BCUT2D eigenvalue weighted by Crippen LogP contribution is 2.39. The summed E-state index contributed by atoms with van der Waals surface area (Å²) in [7, 11) is 1.99. The number of rotatable bonds is 9. The Morgan fingerprint density at radius 3 is 2.94 bits per heavy atom. The molecule has 1 aliphatic carbocycles. The standard InChI is InChI=1S/C23H28N6O2S2/c1-4-9-29-18(12-15-6-5-10-28(15)3)26-27-23(29)32-13-19(30)25-22-20(21(24)31)16-8-7-14(2)11-17(16)33-22/h4-6,10,14H,1,7-9,11-13H2,2-3H3,(H2,24,31)(H,25,30). The molecule has 3 heterocycles. The van der Waals surface area contributed by atoms with Crippen LogP contribution in [0.2, 0.25) is 0 Å². The van der Waals surface area contributed by atoms with E-state index in [2.05, 4.69) is 29.0 Å². The Morgan fingerprint density at radius 2 is 2.24 bits per heavy atom. The molecule has 1 unspecified atom stereocenters. The maximum absolute atomic E-state index is 12.8. The quantitative estimate of drug-likeness (QED) is 0.357. The number of primary amides is 1. The van der Waals surface area contributed by atoms with Gasteiger partial charge in [-0.3, -0.25) is 9.59 Å². The molecule has 4 rings (SSSR count). The van der Waals surface area contributed by atoms with Crippen molar-refractivity contribution >= 4 is 39.9 Å². The minimum Gasteiger partial charge on any atom is -0.365 e. The van der Waals surface area contributed by atoms with Crippen molar-refractivity contribution in [3.8, 4) is 0 Å². The average molecular weight is 485 g/mol. The fourth-order valence-corrected chi connectivity index (χ4v) is 6.30. The number of hydrogen-bond donors (Lipinski definition) is 2. The molecule has 0 saturated carbocycles. The Labute approximate surface area is 201 Å². The number of carbonyl (C=O) groups excluding carboxylic acids is 2. The summed E-state index contributed by atoms with van der Waals surface area (Å²) in [5, 5.41) is 12.8. The Kier molecular flexibility index (Phi) is 7.04. The predicted molar refractivity (Wildman–Crippen MR) is 132 cm³/mol. The number of fused-ring (bicyclic) bond motifs is 1. The van der Waals surface area contributed by atoms with Crippen molar-refractivity contribution in [1.82, 2.24) is 19.3 Å². The van der Waals surface area contributed by atoms with Crippen LogP contribution in [-0.2, 0) is 37.6 Å². The van der Waals surface area contributed by atoms with Crippen molar-refractivity contribution in [2.45, 2.75) is 44.3 Å². The number of amides is 2. The number of thioether (sulfide) groups is 1. The number of allylic oxidation sites excluding steroid dienone is 1. The third-order valence-corrected chi connectivity index (χ3v) is 7.98. The van der Waals surface area contributed by atoms with Gasteiger partial charge >= 0.3 is 0 Å². The summed E-state index contributed by atoms with van der Waals surface area (Å²) in [6, 6.07) is 4.04. The third-order valence-electron chi connectivity index (χ3n) is 5.84. The van der Waals surface area contributed by atoms with Gasteiger partial charge in [0.05, 0.1) is 11.3 Å². The third kappa shape index (κ3) is 5.06. The van der Waals surface area contributed by atoms with Gasteiger partial charge in [-0.1, -0.05) is 24.8 Å². The lowest BCUT2D eigenvalue weighted by Crippen LogP contribution is -2.20. The monoisotopic (exact) mass is 484 g/mol. The van der Waals surface area contributed by atoms with E-state index in [-0.39, 0.29) is 11.7 Å². The first-order valence-corrected chi connectivity index (χ1v) is 12.7. The van der Waals surface area contributed by atoms with Crippen LogP contribution in [0.25, 0.3) is 0 Å². The van der Waals surface area contributed by atoms with Crippen molar-refractivity contribution in [2.24, 2.45) is 18.7 Å². The second kappa shape index (κ2) is 9.96. The van der Waals surface area contributed by atoms with Crippen molar-refractivity contribution in [1.29, 1.82) is 0 Å². The number of carbonyl (C=O) groups is 2. The molecule has 0 bridgehead atoms. The van der Waals surface area contributed by atoms with Crippen LogP contribution in [-0.4, -0.2) is 36.9 Å². The number of hydrogen-bond acceptors (Lipinski definition) is 6. The van der Waals surface area contributed by atoms with Gasteiger partial charge in [0.25, 0.3) is 5.91 Å². The number of nitrogens with one attached hydrogen (secondary N) is 1. The van der Waals surface area contributed by atoms with Gasteiger partial charge in [0.2, 0.25) is 5.91 Å². The van der Waals surface area contributed by atoms with Crippen LogP contribution in [0.1, 0.15) is 45.7 Å². The molecule has 33 heavy (non-hydrogen) atoms. The molecule has 1 aliphatic rings. The summed E-state index contributed by atoms with van der Waals surface area (Å²) in [6.07, 6.45) is 7.19. The largest absolute Gasteiger partial charge is 0.365 e. The van der Waals surface area contributed by atoms with Crippen LogP contribution in [0.4, 0.5) is 5.00 Å². The molecule has 10 heteroatoms. The van der Waals surface area contributed by atoms with E-state index in [4.69, 9.17) is 5.73 Å². The lowest BCUT2D eigenvalue weighted by molar-refractivity contribution is -0.113. The molecule has 0 aromatic carbocycles. The highest BCUT2D eigenvalue weighted by molar-refractivity contribution is 7.99. The molecule has 0 aliphatic heterocycles. The Morgan fingerprint density at radius 1 is 1.42 bits per heavy atom. The molecule has 174 valence electrons. The molecule has 1 atom stereocenters. The second-order valence-electron chi connectivity index (χ2n) is 8.34. The minimum atomic E-state index is -0.485. The second-order valence-corrected chi connectivity index (χ2v) is 10.4. The Hall–Kier alpha value is -2.85. The number of anilines is 1. The van der Waals surface area contributed by atoms with Gasteiger partial charge in [-0.25, -0.2) is 0 Å². The van der Waals surface area contributed by atoms with E-state index in [1.807, 2.05) is 34.5 Å². The van der Waals surface area contributed by atoms with Crippen molar-refractivity contribution in [3.63, 3.8) is 0 Å². The first-order chi connectivity index (χ1) is 15.9. The molecule has 3 aromatic rings. The first kappa shape index (κ1) is 23.3. The van der Waals surface area contributed by atoms with E-state index >= 15 is 0 Å². The van der Waals surface area contributed by atoms with Gasteiger partial charge in [-0.15, -0.1) is 28.1 Å². The number of aromatic nitrogens is 4. The van der Waals surface area contributed by atoms with Gasteiger partial charge in [-0.05, 0) is 42.9 Å². The van der Waals surface area contributed by atoms with Crippen LogP contribution in [0.5, 0.6) is 0 Å². The Balaban J connectivity index is 1.46. The average Bonchev–Trinajstić information content (AvgIpc) is 3.44. The summed E-state index contributed by atoms with van der Waals surface area (Å²) in [4.78, 5) is 26.0. The van der Waals surface area contributed by atoms with E-state index in [9.17, 15) is 9.59 Å².